The molecule has 2 fully saturated rings. The molecule has 124 valence electrons. The van der Waals surface area contributed by atoms with Gasteiger partial charge in [-0.2, -0.15) is 0 Å². The van der Waals surface area contributed by atoms with Crippen LogP contribution in [0.3, 0.4) is 0 Å². The molecule has 1 aliphatic carbocycles. The molecule has 0 aromatic carbocycles. The Morgan fingerprint density at radius 3 is 2.83 bits per heavy atom. The minimum Gasteiger partial charge on any atom is -0.465 e. The highest BCUT2D eigenvalue weighted by Crippen LogP contribution is 2.51. The van der Waals surface area contributed by atoms with Crippen LogP contribution < -0.4 is 5.32 Å². The van der Waals surface area contributed by atoms with Gasteiger partial charge in [-0.05, 0) is 29.9 Å². The molecule has 2 unspecified atom stereocenters. The molecule has 1 aliphatic heterocycles. The van der Waals surface area contributed by atoms with Gasteiger partial charge in [0.05, 0.1) is 0 Å². The molecular formula is C16H16N4O4. The van der Waals surface area contributed by atoms with E-state index in [0.717, 1.165) is 5.56 Å². The molecule has 2 amide bonds. The summed E-state index contributed by atoms with van der Waals surface area (Å²) in [6.45, 7) is 1.67. The van der Waals surface area contributed by atoms with Crippen LogP contribution >= 0.6 is 0 Å². The van der Waals surface area contributed by atoms with Crippen molar-refractivity contribution < 1.29 is 19.2 Å². The maximum atomic E-state index is 12.2. The second kappa shape index (κ2) is 5.63. The average molecular weight is 328 g/mol. The number of hydrogen-bond donors (Lipinski definition) is 2. The fourth-order valence-electron chi connectivity index (χ4n) is 3.44. The smallest absolute Gasteiger partial charge is 0.407 e. The summed E-state index contributed by atoms with van der Waals surface area (Å²) in [7, 11) is 0. The number of piperidine rings is 1. The van der Waals surface area contributed by atoms with Crippen molar-refractivity contribution in [2.75, 3.05) is 19.6 Å². The van der Waals surface area contributed by atoms with E-state index in [1.54, 1.807) is 24.5 Å². The first kappa shape index (κ1) is 14.7. The largest absolute Gasteiger partial charge is 0.465 e. The number of likely N-dealkylation sites (tertiary alicyclic amines) is 1. The van der Waals surface area contributed by atoms with Gasteiger partial charge in [0.15, 0.2) is 11.5 Å². The van der Waals surface area contributed by atoms with E-state index in [-0.39, 0.29) is 11.6 Å². The normalized spacial score (nSPS) is 24.5. The summed E-state index contributed by atoms with van der Waals surface area (Å²) in [5, 5.41) is 15.6. The standard InChI is InChI=1S/C16H16N4O4/c21-15(13-4-14(24-19-13)9-2-1-3-17-5-9)18-6-10-11-7-20(16(22)23)8-12(10)11/h1-5,10-12H,6-8H2,(H,18,21)(H,22,23). The van der Waals surface area contributed by atoms with Gasteiger partial charge in [0.2, 0.25) is 0 Å². The van der Waals surface area contributed by atoms with E-state index in [0.29, 0.717) is 43.1 Å². The Morgan fingerprint density at radius 1 is 1.38 bits per heavy atom. The van der Waals surface area contributed by atoms with Crippen molar-refractivity contribution in [1.82, 2.24) is 20.4 Å². The number of nitrogens with zero attached hydrogens (tertiary/aromatic N) is 3. The number of carbonyl (C=O) groups excluding carboxylic acids is 1. The maximum Gasteiger partial charge on any atom is 0.407 e. The summed E-state index contributed by atoms with van der Waals surface area (Å²) in [5.41, 5.74) is 0.987. The van der Waals surface area contributed by atoms with E-state index in [9.17, 15) is 9.59 Å². The quantitative estimate of drug-likeness (QED) is 0.876. The number of carboxylic acid groups (broad SMARTS) is 1. The van der Waals surface area contributed by atoms with Crippen LogP contribution in [0.15, 0.2) is 35.1 Å². The summed E-state index contributed by atoms with van der Waals surface area (Å²) < 4.78 is 5.19. The molecule has 24 heavy (non-hydrogen) atoms. The highest BCUT2D eigenvalue weighted by Gasteiger charge is 2.56. The lowest BCUT2D eigenvalue weighted by Gasteiger charge is -2.15. The molecule has 1 saturated heterocycles. The molecule has 1 saturated carbocycles. The van der Waals surface area contributed by atoms with Gasteiger partial charge in [-0.3, -0.25) is 9.78 Å². The van der Waals surface area contributed by atoms with E-state index in [1.807, 2.05) is 6.07 Å². The van der Waals surface area contributed by atoms with E-state index < -0.39 is 6.09 Å². The van der Waals surface area contributed by atoms with Gasteiger partial charge >= 0.3 is 6.09 Å². The summed E-state index contributed by atoms with van der Waals surface area (Å²) in [6.07, 6.45) is 2.43. The van der Waals surface area contributed by atoms with Crippen LogP contribution in [0.1, 0.15) is 10.5 Å². The minimum absolute atomic E-state index is 0.229. The van der Waals surface area contributed by atoms with E-state index in [1.165, 1.54) is 4.90 Å². The van der Waals surface area contributed by atoms with Gasteiger partial charge in [0, 0.05) is 43.7 Å². The Hall–Kier alpha value is -2.90. The van der Waals surface area contributed by atoms with Crippen molar-refractivity contribution >= 4 is 12.0 Å². The number of nitrogens with one attached hydrogen (secondary N) is 1. The fraction of sp³-hybridized carbons (Fsp3) is 0.375. The zero-order valence-electron chi connectivity index (χ0n) is 12.8. The highest BCUT2D eigenvalue weighted by atomic mass is 16.5. The first-order valence-electron chi connectivity index (χ1n) is 7.76. The first-order chi connectivity index (χ1) is 11.6. The molecule has 2 aromatic rings. The molecule has 3 heterocycles. The maximum absolute atomic E-state index is 12.2. The number of pyridine rings is 1. The monoisotopic (exact) mass is 328 g/mol. The Kier molecular flexibility index (Phi) is 3.44. The summed E-state index contributed by atoms with van der Waals surface area (Å²) in [4.78, 5) is 28.5. The van der Waals surface area contributed by atoms with Crippen molar-refractivity contribution in [3.05, 3.63) is 36.3 Å². The van der Waals surface area contributed by atoms with Crippen molar-refractivity contribution in [3.8, 4) is 11.3 Å². The lowest BCUT2D eigenvalue weighted by molar-refractivity contribution is 0.0939. The SMILES string of the molecule is O=C(NCC1C2CN(C(=O)O)CC12)c1cc(-c2cccnc2)on1. The van der Waals surface area contributed by atoms with Gasteiger partial charge in [0.1, 0.15) is 0 Å². The second-order valence-electron chi connectivity index (χ2n) is 6.21. The lowest BCUT2D eigenvalue weighted by atomic mass is 10.2. The third kappa shape index (κ3) is 2.60. The number of amides is 2. The Bertz CT molecular complexity index is 763. The van der Waals surface area contributed by atoms with Crippen LogP contribution in [-0.2, 0) is 0 Å². The van der Waals surface area contributed by atoms with Crippen molar-refractivity contribution in [2.45, 2.75) is 0 Å². The number of carbonyl (C=O) groups is 2. The number of hydrogen-bond acceptors (Lipinski definition) is 5. The van der Waals surface area contributed by atoms with Gasteiger partial charge in [-0.25, -0.2) is 4.79 Å². The van der Waals surface area contributed by atoms with Gasteiger partial charge in [0.25, 0.3) is 5.91 Å². The van der Waals surface area contributed by atoms with Crippen molar-refractivity contribution in [2.24, 2.45) is 17.8 Å². The zero-order valence-corrected chi connectivity index (χ0v) is 12.8. The first-order valence-corrected chi connectivity index (χ1v) is 7.76. The molecule has 2 aliphatic rings. The molecule has 2 atom stereocenters. The van der Waals surface area contributed by atoms with Gasteiger partial charge in [-0.1, -0.05) is 5.16 Å². The Balaban J connectivity index is 1.31. The predicted octanol–water partition coefficient (Wildman–Crippen LogP) is 1.32. The van der Waals surface area contributed by atoms with E-state index >= 15 is 0 Å². The third-order valence-electron chi connectivity index (χ3n) is 4.83. The average Bonchev–Trinajstić information content (AvgIpc) is 3.02. The molecule has 2 N–H and O–H groups in total. The third-order valence-corrected chi connectivity index (χ3v) is 4.83. The molecule has 8 heteroatoms. The number of fused-ring (bicyclic) bond motifs is 1. The van der Waals surface area contributed by atoms with Crippen LogP contribution in [0.25, 0.3) is 11.3 Å². The van der Waals surface area contributed by atoms with Crippen LogP contribution in [-0.4, -0.2) is 51.8 Å². The second-order valence-corrected chi connectivity index (χ2v) is 6.21. The minimum atomic E-state index is -0.865. The van der Waals surface area contributed by atoms with Crippen LogP contribution in [0, 0.1) is 17.8 Å². The predicted molar refractivity (Wildman–Crippen MR) is 82.1 cm³/mol. The Labute approximate surface area is 137 Å². The summed E-state index contributed by atoms with van der Waals surface area (Å²) in [5.74, 6) is 1.30. The topological polar surface area (TPSA) is 109 Å². The molecule has 2 aromatic heterocycles. The summed E-state index contributed by atoms with van der Waals surface area (Å²) in [6, 6.07) is 5.20. The molecular weight excluding hydrogens is 312 g/mol. The van der Waals surface area contributed by atoms with Crippen LogP contribution in [0.5, 0.6) is 0 Å². The van der Waals surface area contributed by atoms with Crippen LogP contribution in [0.4, 0.5) is 4.79 Å². The Morgan fingerprint density at radius 2 is 2.17 bits per heavy atom. The summed E-state index contributed by atoms with van der Waals surface area (Å²) >= 11 is 0. The zero-order chi connectivity index (χ0) is 16.7. The lowest BCUT2D eigenvalue weighted by Crippen LogP contribution is -2.33. The van der Waals surface area contributed by atoms with Crippen LogP contribution in [0.2, 0.25) is 0 Å². The van der Waals surface area contributed by atoms with Crippen molar-refractivity contribution in [3.63, 3.8) is 0 Å². The highest BCUT2D eigenvalue weighted by molar-refractivity contribution is 5.93. The molecule has 0 bridgehead atoms. The van der Waals surface area contributed by atoms with Gasteiger partial charge < -0.3 is 19.8 Å². The molecule has 0 radical (unpaired) electrons. The molecule has 0 spiro atoms. The fourth-order valence-corrected chi connectivity index (χ4v) is 3.44. The number of aromatic nitrogens is 2. The van der Waals surface area contributed by atoms with E-state index in [2.05, 4.69) is 15.5 Å². The number of rotatable bonds is 4. The van der Waals surface area contributed by atoms with Crippen molar-refractivity contribution in [1.29, 1.82) is 0 Å². The van der Waals surface area contributed by atoms with E-state index in [4.69, 9.17) is 9.63 Å². The van der Waals surface area contributed by atoms with Gasteiger partial charge in [-0.15, -0.1) is 0 Å². The molecule has 4 rings (SSSR count). The molecule has 8 nitrogen and oxygen atoms in total.